The summed E-state index contributed by atoms with van der Waals surface area (Å²) in [6.45, 7) is 5.16. The third-order valence-electron chi connectivity index (χ3n) is 14.5. The Morgan fingerprint density at radius 2 is 1.92 bits per heavy atom. The number of nitrogens with zero attached hydrogens (tertiary/aromatic N) is 2. The first-order chi connectivity index (χ1) is 29.3. The second-order valence-corrected chi connectivity index (χ2v) is 18.1. The quantitative estimate of drug-likeness (QED) is 0.0876. The number of ether oxygens (including phenoxy) is 1. The Balaban J connectivity index is 1.05. The van der Waals surface area contributed by atoms with Crippen LogP contribution in [0.5, 0.6) is 5.75 Å². The molecule has 2 fully saturated rings. The fourth-order valence-corrected chi connectivity index (χ4v) is 11.0. The van der Waals surface area contributed by atoms with Crippen molar-refractivity contribution < 1.29 is 59.1 Å². The average Bonchev–Trinajstić information content (AvgIpc) is 4.10. The van der Waals surface area contributed by atoms with Crippen LogP contribution >= 0.6 is 0 Å². The first-order valence-electron chi connectivity index (χ1n) is 21.6. The lowest BCUT2D eigenvalue weighted by Crippen LogP contribution is -3.13. The van der Waals surface area contributed by atoms with Crippen molar-refractivity contribution in [1.82, 2.24) is 5.32 Å². The molecule has 1 amide bonds. The van der Waals surface area contributed by atoms with Gasteiger partial charge < -0.3 is 40.0 Å². The van der Waals surface area contributed by atoms with E-state index < -0.39 is 54.2 Å². The number of nitrogens with one attached hydrogen (secondary N) is 3. The molecule has 9 rings (SSSR count). The van der Waals surface area contributed by atoms with Crippen molar-refractivity contribution in [3.05, 3.63) is 81.8 Å². The summed E-state index contributed by atoms with van der Waals surface area (Å²) in [5.41, 5.74) is 1.65. The molecule has 1 spiro atoms. The Morgan fingerprint density at radius 3 is 2.69 bits per heavy atom. The van der Waals surface area contributed by atoms with Gasteiger partial charge in [0.2, 0.25) is 17.2 Å². The average molecular weight is 844 g/mol. The minimum absolute atomic E-state index is 0.0751. The number of aliphatic imine (C=N–C) groups is 2. The molecule has 1 aromatic heterocycles. The predicted octanol–water partition coefficient (Wildman–Crippen LogP) is -0.0840. The predicted molar refractivity (Wildman–Crippen MR) is 222 cm³/mol. The van der Waals surface area contributed by atoms with Crippen molar-refractivity contribution in [3.63, 3.8) is 0 Å². The van der Waals surface area contributed by atoms with E-state index in [9.17, 15) is 35.1 Å². The van der Waals surface area contributed by atoms with E-state index >= 15 is 0 Å². The number of hydrogen-bond donors (Lipinski definition) is 8. The van der Waals surface area contributed by atoms with Gasteiger partial charge in [0.1, 0.15) is 72.6 Å². The summed E-state index contributed by atoms with van der Waals surface area (Å²) in [6, 6.07) is 3.00. The van der Waals surface area contributed by atoms with Crippen LogP contribution < -0.4 is 25.3 Å². The molecule has 1 aromatic carbocycles. The molecule has 0 bridgehead atoms. The highest BCUT2D eigenvalue weighted by Gasteiger charge is 2.55. The molecule has 61 heavy (non-hydrogen) atoms. The molecule has 1 aliphatic carbocycles. The molecule has 10 atom stereocenters. The SMILES string of the molecule is CCC1=C2C=CN=C2C[NH+]1c1c2c(cc3c(=O)cc(C)oc13)CC(OOCC(O)C(O)(C[NH+]1C=CC3=NC=CC31)C(O)C(O)CO)C(C)(CCC1CNC(=O)C13CCCC3)O2. The van der Waals surface area contributed by atoms with Gasteiger partial charge in [0.25, 0.3) is 0 Å². The number of aryl methyl sites for hydroxylation is 1. The van der Waals surface area contributed by atoms with Gasteiger partial charge in [-0.1, -0.05) is 19.8 Å². The second-order valence-electron chi connectivity index (χ2n) is 18.1. The van der Waals surface area contributed by atoms with Gasteiger partial charge in [-0.2, -0.15) is 0 Å². The number of aliphatic hydroxyl groups is 5. The van der Waals surface area contributed by atoms with Crippen LogP contribution in [0.25, 0.3) is 11.0 Å². The largest absolute Gasteiger partial charge is 0.478 e. The monoisotopic (exact) mass is 843 g/mol. The molecule has 1 saturated heterocycles. The third-order valence-corrected chi connectivity index (χ3v) is 14.5. The minimum Gasteiger partial charge on any atom is -0.478 e. The summed E-state index contributed by atoms with van der Waals surface area (Å²) < 4.78 is 13.7. The molecule has 16 heteroatoms. The van der Waals surface area contributed by atoms with E-state index in [-0.39, 0.29) is 36.3 Å². The lowest BCUT2D eigenvalue weighted by Gasteiger charge is -2.43. The number of amides is 1. The maximum atomic E-state index is 13.7. The van der Waals surface area contributed by atoms with Crippen molar-refractivity contribution in [3.8, 4) is 5.75 Å². The summed E-state index contributed by atoms with van der Waals surface area (Å²) >= 11 is 0. The van der Waals surface area contributed by atoms with Crippen LogP contribution in [0.15, 0.2) is 79.4 Å². The van der Waals surface area contributed by atoms with E-state index in [1.54, 1.807) is 31.5 Å². The van der Waals surface area contributed by atoms with Crippen molar-refractivity contribution in [2.45, 2.75) is 114 Å². The van der Waals surface area contributed by atoms with Crippen molar-refractivity contribution in [2.24, 2.45) is 21.3 Å². The van der Waals surface area contributed by atoms with Gasteiger partial charge in [-0.15, -0.1) is 0 Å². The number of carbonyl (C=O) groups is 1. The lowest BCUT2D eigenvalue weighted by atomic mass is 9.72. The van der Waals surface area contributed by atoms with Gasteiger partial charge in [0, 0.05) is 49.5 Å². The Bertz CT molecular complexity index is 2340. The molecule has 1 saturated carbocycles. The van der Waals surface area contributed by atoms with Gasteiger partial charge in [-0.3, -0.25) is 29.4 Å². The molecule has 8 N–H and O–H groups in total. The molecule has 7 aliphatic rings. The molecule has 16 nitrogen and oxygen atoms in total. The smallest absolute Gasteiger partial charge is 0.226 e. The summed E-state index contributed by atoms with van der Waals surface area (Å²) in [5.74, 6) is 1.23. The maximum Gasteiger partial charge on any atom is 0.226 e. The summed E-state index contributed by atoms with van der Waals surface area (Å²) in [5, 5.41) is 58.5. The van der Waals surface area contributed by atoms with E-state index in [4.69, 9.17) is 18.9 Å². The van der Waals surface area contributed by atoms with E-state index in [2.05, 4.69) is 22.2 Å². The molecular formula is C45H57N5O11+2. The number of rotatable bonds is 15. The van der Waals surface area contributed by atoms with Crippen molar-refractivity contribution >= 4 is 34.0 Å². The second kappa shape index (κ2) is 16.1. The van der Waals surface area contributed by atoms with Crippen LogP contribution in [0.3, 0.4) is 0 Å². The van der Waals surface area contributed by atoms with Crippen molar-refractivity contribution in [1.29, 1.82) is 0 Å². The van der Waals surface area contributed by atoms with Crippen LogP contribution in [0.4, 0.5) is 5.69 Å². The van der Waals surface area contributed by atoms with Crippen LogP contribution in [0, 0.1) is 18.3 Å². The highest BCUT2D eigenvalue weighted by molar-refractivity contribution is 6.08. The van der Waals surface area contributed by atoms with Gasteiger partial charge in [-0.25, -0.2) is 9.78 Å². The van der Waals surface area contributed by atoms with Crippen LogP contribution in [0.2, 0.25) is 0 Å². The standard InChI is InChI=1S/C45H55N5O11/c1-4-32-28-8-14-47-31(28)21-50(32)38-39-26(18-29-34(52)17-25(2)59-40(29)38)19-37(43(3,60-39)13-7-27-20-48-42(56)44(27)11-5-6-12-44)61-58-23-36(54)45(57,41(55)35(53)22-51)24-49-16-10-30-33(49)9-15-46-30/h8-10,14-18,27,33,35-37,41,51,53-55,57H,4-7,11-13,19-24H2,1-3H3,(H,48,56)/p+2. The number of carbonyl (C=O) groups excluding carboxylic acids is 1. The van der Waals surface area contributed by atoms with E-state index in [1.807, 2.05) is 25.3 Å². The maximum absolute atomic E-state index is 13.7. The molecule has 6 aliphatic heterocycles. The number of aliphatic hydroxyl groups excluding tert-OH is 4. The molecular weight excluding hydrogens is 787 g/mol. The third kappa shape index (κ3) is 7.05. The lowest BCUT2D eigenvalue weighted by molar-refractivity contribution is -0.861. The Hall–Kier alpha value is -4.36. The minimum atomic E-state index is -2.37. The number of quaternary nitrogens is 2. The Morgan fingerprint density at radius 1 is 1.11 bits per heavy atom. The van der Waals surface area contributed by atoms with E-state index in [0.29, 0.717) is 64.6 Å². The van der Waals surface area contributed by atoms with Crippen LogP contribution in [0.1, 0.15) is 70.1 Å². The fourth-order valence-electron chi connectivity index (χ4n) is 11.0. The Kier molecular flexibility index (Phi) is 11.1. The molecule has 7 heterocycles. The summed E-state index contributed by atoms with van der Waals surface area (Å²) in [7, 11) is 0. The number of allylic oxidation sites excluding steroid dienone is 2. The van der Waals surface area contributed by atoms with Crippen LogP contribution in [-0.4, -0.2) is 117 Å². The highest BCUT2D eigenvalue weighted by Crippen LogP contribution is 2.51. The first kappa shape index (κ1) is 42.0. The highest BCUT2D eigenvalue weighted by atomic mass is 17.2. The topological polar surface area (TPSA) is 222 Å². The van der Waals surface area contributed by atoms with E-state index in [1.165, 1.54) is 6.07 Å². The number of benzene rings is 1. The van der Waals surface area contributed by atoms with Gasteiger partial charge in [0.05, 0.1) is 29.2 Å². The normalized spacial score (nSPS) is 30.6. The van der Waals surface area contributed by atoms with Gasteiger partial charge in [0.15, 0.2) is 22.8 Å². The molecule has 326 valence electrons. The van der Waals surface area contributed by atoms with Gasteiger partial charge in [-0.05, 0) is 63.7 Å². The van der Waals surface area contributed by atoms with Crippen molar-refractivity contribution in [2.75, 3.05) is 32.8 Å². The fraction of sp³-hybridized carbons (Fsp3) is 0.556. The van der Waals surface area contributed by atoms with E-state index in [0.717, 1.165) is 59.7 Å². The zero-order valence-electron chi connectivity index (χ0n) is 34.9. The van der Waals surface area contributed by atoms with Crippen LogP contribution in [-0.2, 0) is 21.0 Å². The molecule has 0 radical (unpaired) electrons. The molecule has 10 unspecified atom stereocenters. The number of fused-ring (bicyclic) bond motifs is 4. The summed E-state index contributed by atoms with van der Waals surface area (Å²) in [6.07, 6.45) is 10.2. The number of hydrogen-bond acceptors (Lipinski definition) is 13. The zero-order valence-corrected chi connectivity index (χ0v) is 34.9. The van der Waals surface area contributed by atoms with Gasteiger partial charge >= 0.3 is 0 Å². The molecule has 2 aromatic rings. The summed E-state index contributed by atoms with van der Waals surface area (Å²) in [4.78, 5) is 49.7. The Labute approximate surface area is 353 Å². The zero-order chi connectivity index (χ0) is 42.8. The first-order valence-corrected chi connectivity index (χ1v) is 21.6.